The van der Waals surface area contributed by atoms with Gasteiger partial charge in [-0.15, -0.1) is 0 Å². The SMILES string of the molecule is COc1ccc(F)c(NC(=O)c2cc(N)c(F)cc2Br)c1. The van der Waals surface area contributed by atoms with Gasteiger partial charge in [0.2, 0.25) is 0 Å². The summed E-state index contributed by atoms with van der Waals surface area (Å²) >= 11 is 3.07. The highest BCUT2D eigenvalue weighted by Gasteiger charge is 2.15. The van der Waals surface area contributed by atoms with Crippen LogP contribution in [0.3, 0.4) is 0 Å². The van der Waals surface area contributed by atoms with Gasteiger partial charge >= 0.3 is 0 Å². The number of amides is 1. The summed E-state index contributed by atoms with van der Waals surface area (Å²) in [7, 11) is 1.43. The standard InChI is InChI=1S/C14H11BrF2N2O2/c1-21-7-2-3-10(16)13(4-7)19-14(20)8-5-12(18)11(17)6-9(8)15/h2-6H,18H2,1H3,(H,19,20). The summed E-state index contributed by atoms with van der Waals surface area (Å²) in [5.41, 5.74) is 5.30. The monoisotopic (exact) mass is 356 g/mol. The van der Waals surface area contributed by atoms with Crippen molar-refractivity contribution in [2.45, 2.75) is 0 Å². The van der Waals surface area contributed by atoms with Gasteiger partial charge in [0.05, 0.1) is 24.0 Å². The molecule has 0 saturated heterocycles. The number of hydrogen-bond acceptors (Lipinski definition) is 3. The third-order valence-corrected chi connectivity index (χ3v) is 3.41. The van der Waals surface area contributed by atoms with Crippen LogP contribution in [0.5, 0.6) is 5.75 Å². The number of nitrogens with one attached hydrogen (secondary N) is 1. The first-order valence-corrected chi connectivity index (χ1v) is 6.61. The zero-order valence-corrected chi connectivity index (χ0v) is 12.5. The van der Waals surface area contributed by atoms with E-state index in [0.717, 1.165) is 6.07 Å². The second kappa shape index (κ2) is 6.09. The van der Waals surface area contributed by atoms with Gasteiger partial charge in [-0.2, -0.15) is 0 Å². The van der Waals surface area contributed by atoms with Gasteiger partial charge in [-0.1, -0.05) is 0 Å². The van der Waals surface area contributed by atoms with Crippen molar-refractivity contribution in [2.24, 2.45) is 0 Å². The first-order chi connectivity index (χ1) is 9.92. The van der Waals surface area contributed by atoms with E-state index in [0.29, 0.717) is 5.75 Å². The average molecular weight is 357 g/mol. The molecule has 0 fully saturated rings. The van der Waals surface area contributed by atoms with Crippen molar-refractivity contribution in [3.8, 4) is 5.75 Å². The number of methoxy groups -OCH3 is 1. The Morgan fingerprint density at radius 3 is 2.62 bits per heavy atom. The number of nitrogens with two attached hydrogens (primary N) is 1. The Bertz CT molecular complexity index is 708. The van der Waals surface area contributed by atoms with E-state index in [2.05, 4.69) is 21.2 Å². The van der Waals surface area contributed by atoms with Gasteiger partial charge in [0.15, 0.2) is 0 Å². The Kier molecular flexibility index (Phi) is 4.42. The molecular formula is C14H11BrF2N2O2. The van der Waals surface area contributed by atoms with E-state index in [9.17, 15) is 13.6 Å². The molecule has 0 atom stereocenters. The maximum absolute atomic E-state index is 13.7. The van der Waals surface area contributed by atoms with Gasteiger partial charge < -0.3 is 15.8 Å². The summed E-state index contributed by atoms with van der Waals surface area (Å²) in [6.07, 6.45) is 0. The predicted octanol–water partition coefficient (Wildman–Crippen LogP) is 3.57. The molecule has 0 aliphatic rings. The van der Waals surface area contributed by atoms with E-state index in [-0.39, 0.29) is 21.4 Å². The van der Waals surface area contributed by atoms with Crippen molar-refractivity contribution in [3.05, 3.63) is 52.0 Å². The first-order valence-electron chi connectivity index (χ1n) is 5.81. The van der Waals surface area contributed by atoms with Crippen LogP contribution in [0, 0.1) is 11.6 Å². The highest BCUT2D eigenvalue weighted by molar-refractivity contribution is 9.10. The fourth-order valence-electron chi connectivity index (χ4n) is 1.66. The molecule has 0 heterocycles. The highest BCUT2D eigenvalue weighted by Crippen LogP contribution is 2.26. The Hall–Kier alpha value is -2.15. The Labute approximate surface area is 128 Å². The molecule has 1 amide bonds. The maximum Gasteiger partial charge on any atom is 0.256 e. The Balaban J connectivity index is 2.32. The minimum atomic E-state index is -0.647. The zero-order chi connectivity index (χ0) is 15.6. The molecule has 2 rings (SSSR count). The van der Waals surface area contributed by atoms with Crippen LogP contribution in [0.15, 0.2) is 34.8 Å². The van der Waals surface area contributed by atoms with Crippen molar-refractivity contribution in [3.63, 3.8) is 0 Å². The molecule has 0 unspecified atom stereocenters. The first kappa shape index (κ1) is 15.2. The molecule has 0 saturated carbocycles. The van der Waals surface area contributed by atoms with Crippen LogP contribution in [0.25, 0.3) is 0 Å². The summed E-state index contributed by atoms with van der Waals surface area (Å²) in [4.78, 5) is 12.1. The van der Waals surface area contributed by atoms with E-state index >= 15 is 0 Å². The number of rotatable bonds is 3. The van der Waals surface area contributed by atoms with E-state index in [1.165, 1.54) is 31.4 Å². The molecule has 0 bridgehead atoms. The number of anilines is 2. The van der Waals surface area contributed by atoms with Crippen LogP contribution in [-0.2, 0) is 0 Å². The van der Waals surface area contributed by atoms with Crippen LogP contribution in [-0.4, -0.2) is 13.0 Å². The van der Waals surface area contributed by atoms with Gasteiger partial charge in [-0.25, -0.2) is 8.78 Å². The second-order valence-corrected chi connectivity index (χ2v) is 5.01. The van der Waals surface area contributed by atoms with E-state index in [4.69, 9.17) is 10.5 Å². The largest absolute Gasteiger partial charge is 0.497 e. The minimum Gasteiger partial charge on any atom is -0.497 e. The third-order valence-electron chi connectivity index (χ3n) is 2.75. The van der Waals surface area contributed by atoms with Crippen molar-refractivity contribution in [1.29, 1.82) is 0 Å². The van der Waals surface area contributed by atoms with Crippen molar-refractivity contribution >= 4 is 33.2 Å². The van der Waals surface area contributed by atoms with Crippen LogP contribution in [0.2, 0.25) is 0 Å². The Morgan fingerprint density at radius 1 is 1.24 bits per heavy atom. The number of carbonyl (C=O) groups excluding carboxylic acids is 1. The van der Waals surface area contributed by atoms with Gasteiger partial charge in [-0.3, -0.25) is 4.79 Å². The zero-order valence-electron chi connectivity index (χ0n) is 10.9. The summed E-state index contributed by atoms with van der Waals surface area (Å²) in [6, 6.07) is 6.19. The van der Waals surface area contributed by atoms with Gasteiger partial charge in [0.1, 0.15) is 17.4 Å². The molecule has 7 heteroatoms. The normalized spacial score (nSPS) is 10.3. The lowest BCUT2D eigenvalue weighted by molar-refractivity contribution is 0.102. The quantitative estimate of drug-likeness (QED) is 0.826. The smallest absolute Gasteiger partial charge is 0.256 e. The number of nitrogen functional groups attached to an aromatic ring is 1. The maximum atomic E-state index is 13.7. The molecule has 0 aromatic heterocycles. The molecule has 21 heavy (non-hydrogen) atoms. The molecule has 0 spiro atoms. The van der Waals surface area contributed by atoms with Gasteiger partial charge in [-0.05, 0) is 40.2 Å². The van der Waals surface area contributed by atoms with Crippen LogP contribution in [0.1, 0.15) is 10.4 Å². The lowest BCUT2D eigenvalue weighted by Gasteiger charge is -2.10. The van der Waals surface area contributed by atoms with Gasteiger partial charge in [0, 0.05) is 10.5 Å². The van der Waals surface area contributed by atoms with Gasteiger partial charge in [0.25, 0.3) is 5.91 Å². The summed E-state index contributed by atoms with van der Waals surface area (Å²) in [5, 5.41) is 2.39. The molecule has 110 valence electrons. The highest BCUT2D eigenvalue weighted by atomic mass is 79.9. The average Bonchev–Trinajstić information content (AvgIpc) is 2.45. The number of hydrogen-bond donors (Lipinski definition) is 2. The summed E-state index contributed by atoms with van der Waals surface area (Å²) in [6.45, 7) is 0. The van der Waals surface area contributed by atoms with Crippen molar-refractivity contribution in [2.75, 3.05) is 18.2 Å². The van der Waals surface area contributed by atoms with Crippen LogP contribution >= 0.6 is 15.9 Å². The molecule has 4 nitrogen and oxygen atoms in total. The molecular weight excluding hydrogens is 346 g/mol. The fourth-order valence-corrected chi connectivity index (χ4v) is 2.15. The van der Waals surface area contributed by atoms with Crippen LogP contribution < -0.4 is 15.8 Å². The minimum absolute atomic E-state index is 0.0471. The molecule has 2 aromatic rings. The summed E-state index contributed by atoms with van der Waals surface area (Å²) < 4.78 is 32.1. The second-order valence-electron chi connectivity index (χ2n) is 4.15. The fraction of sp³-hybridized carbons (Fsp3) is 0.0714. The molecule has 0 aliphatic carbocycles. The third kappa shape index (κ3) is 3.30. The number of carbonyl (C=O) groups is 1. The van der Waals surface area contributed by atoms with E-state index < -0.39 is 17.5 Å². The number of ether oxygens (including phenoxy) is 1. The van der Waals surface area contributed by atoms with Crippen molar-refractivity contribution in [1.82, 2.24) is 0 Å². The predicted molar refractivity (Wildman–Crippen MR) is 79.4 cm³/mol. The molecule has 0 radical (unpaired) electrons. The lowest BCUT2D eigenvalue weighted by Crippen LogP contribution is -2.14. The van der Waals surface area contributed by atoms with Crippen LogP contribution in [0.4, 0.5) is 20.2 Å². The van der Waals surface area contributed by atoms with Crippen molar-refractivity contribution < 1.29 is 18.3 Å². The topological polar surface area (TPSA) is 64.3 Å². The molecule has 3 N–H and O–H groups in total. The number of benzene rings is 2. The Morgan fingerprint density at radius 2 is 1.95 bits per heavy atom. The lowest BCUT2D eigenvalue weighted by atomic mass is 10.1. The van der Waals surface area contributed by atoms with E-state index in [1.807, 2.05) is 0 Å². The van der Waals surface area contributed by atoms with E-state index in [1.54, 1.807) is 0 Å². The molecule has 2 aromatic carbocycles. The summed E-state index contributed by atoms with van der Waals surface area (Å²) in [5.74, 6) is -1.49. The number of halogens is 3. The molecule has 0 aliphatic heterocycles.